The Morgan fingerprint density at radius 3 is 2.76 bits per heavy atom. The van der Waals surface area contributed by atoms with Gasteiger partial charge in [-0.05, 0) is 50.6 Å². The molecule has 17 heavy (non-hydrogen) atoms. The summed E-state index contributed by atoms with van der Waals surface area (Å²) in [7, 11) is 1.89. The lowest BCUT2D eigenvalue weighted by atomic mass is 9.82. The summed E-state index contributed by atoms with van der Waals surface area (Å²) >= 11 is 0. The van der Waals surface area contributed by atoms with E-state index in [4.69, 9.17) is 0 Å². The van der Waals surface area contributed by atoms with Crippen LogP contribution < -0.4 is 5.32 Å². The molecule has 0 radical (unpaired) electrons. The zero-order valence-corrected chi connectivity index (χ0v) is 10.7. The van der Waals surface area contributed by atoms with Crippen molar-refractivity contribution < 1.29 is 9.90 Å². The maximum absolute atomic E-state index is 12.0. The molecule has 4 nitrogen and oxygen atoms in total. The molecule has 0 aromatic carbocycles. The predicted molar refractivity (Wildman–Crippen MR) is 66.6 cm³/mol. The maximum Gasteiger partial charge on any atom is 0.222 e. The van der Waals surface area contributed by atoms with E-state index < -0.39 is 0 Å². The topological polar surface area (TPSA) is 52.6 Å². The van der Waals surface area contributed by atoms with Gasteiger partial charge in [-0.15, -0.1) is 0 Å². The summed E-state index contributed by atoms with van der Waals surface area (Å²) in [5.41, 5.74) is 0. The van der Waals surface area contributed by atoms with Gasteiger partial charge in [-0.1, -0.05) is 0 Å². The van der Waals surface area contributed by atoms with Gasteiger partial charge in [0.15, 0.2) is 0 Å². The SMILES string of the molecule is CN(CC1CC(O)C1)C(=O)CC1CCCNC1. The van der Waals surface area contributed by atoms with Crippen molar-refractivity contribution in [1.82, 2.24) is 10.2 Å². The molecule has 0 aromatic heterocycles. The number of amides is 1. The quantitative estimate of drug-likeness (QED) is 0.757. The van der Waals surface area contributed by atoms with Gasteiger partial charge in [-0.2, -0.15) is 0 Å². The molecule has 0 bridgehead atoms. The van der Waals surface area contributed by atoms with Crippen LogP contribution in [0.4, 0.5) is 0 Å². The van der Waals surface area contributed by atoms with E-state index in [0.29, 0.717) is 18.3 Å². The summed E-state index contributed by atoms with van der Waals surface area (Å²) in [6.45, 7) is 2.90. The highest BCUT2D eigenvalue weighted by Gasteiger charge is 2.29. The van der Waals surface area contributed by atoms with Gasteiger partial charge in [0, 0.05) is 20.0 Å². The molecule has 1 aliphatic carbocycles. The van der Waals surface area contributed by atoms with Crippen LogP contribution in [0.25, 0.3) is 0 Å². The molecule has 2 rings (SSSR count). The highest BCUT2D eigenvalue weighted by atomic mass is 16.3. The lowest BCUT2D eigenvalue weighted by molar-refractivity contribution is -0.132. The van der Waals surface area contributed by atoms with Crippen LogP contribution in [-0.4, -0.2) is 48.7 Å². The Morgan fingerprint density at radius 1 is 1.41 bits per heavy atom. The largest absolute Gasteiger partial charge is 0.393 e. The van der Waals surface area contributed by atoms with Crippen LogP contribution in [0, 0.1) is 11.8 Å². The van der Waals surface area contributed by atoms with E-state index in [1.54, 1.807) is 0 Å². The molecule has 1 amide bonds. The fourth-order valence-electron chi connectivity index (χ4n) is 2.84. The first kappa shape index (κ1) is 12.8. The molecule has 4 heteroatoms. The zero-order chi connectivity index (χ0) is 12.3. The van der Waals surface area contributed by atoms with E-state index in [0.717, 1.165) is 32.5 Å². The van der Waals surface area contributed by atoms with Crippen molar-refractivity contribution in [3.63, 3.8) is 0 Å². The summed E-state index contributed by atoms with van der Waals surface area (Å²) in [5.74, 6) is 1.30. The van der Waals surface area contributed by atoms with Crippen molar-refractivity contribution in [2.24, 2.45) is 11.8 Å². The van der Waals surface area contributed by atoms with E-state index >= 15 is 0 Å². The van der Waals surface area contributed by atoms with Gasteiger partial charge in [0.1, 0.15) is 0 Å². The number of carbonyl (C=O) groups is 1. The van der Waals surface area contributed by atoms with Gasteiger partial charge in [-0.3, -0.25) is 4.79 Å². The number of hydrogen-bond donors (Lipinski definition) is 2. The van der Waals surface area contributed by atoms with Gasteiger partial charge < -0.3 is 15.3 Å². The van der Waals surface area contributed by atoms with E-state index in [-0.39, 0.29) is 12.0 Å². The molecule has 2 aliphatic rings. The molecular weight excluding hydrogens is 216 g/mol. The molecule has 98 valence electrons. The van der Waals surface area contributed by atoms with Crippen molar-refractivity contribution in [3.8, 4) is 0 Å². The monoisotopic (exact) mass is 240 g/mol. The third kappa shape index (κ3) is 3.68. The van der Waals surface area contributed by atoms with Crippen molar-refractivity contribution in [2.75, 3.05) is 26.7 Å². The first-order valence-electron chi connectivity index (χ1n) is 6.78. The van der Waals surface area contributed by atoms with Crippen molar-refractivity contribution in [2.45, 2.75) is 38.2 Å². The highest BCUT2D eigenvalue weighted by Crippen LogP contribution is 2.28. The van der Waals surface area contributed by atoms with E-state index in [1.807, 2.05) is 11.9 Å². The fourth-order valence-corrected chi connectivity index (χ4v) is 2.84. The summed E-state index contributed by atoms with van der Waals surface area (Å²) < 4.78 is 0. The average Bonchev–Trinajstić information content (AvgIpc) is 2.28. The molecule has 2 fully saturated rings. The summed E-state index contributed by atoms with van der Waals surface area (Å²) in [6, 6.07) is 0. The third-order valence-corrected chi connectivity index (χ3v) is 4.03. The van der Waals surface area contributed by atoms with Crippen LogP contribution in [0.15, 0.2) is 0 Å². The smallest absolute Gasteiger partial charge is 0.222 e. The number of nitrogens with one attached hydrogen (secondary N) is 1. The van der Waals surface area contributed by atoms with E-state index in [1.165, 1.54) is 12.8 Å². The molecule has 1 heterocycles. The Labute approximate surface area is 103 Å². The highest BCUT2D eigenvalue weighted by molar-refractivity contribution is 5.76. The Balaban J connectivity index is 1.67. The first-order chi connectivity index (χ1) is 8.15. The molecule has 1 saturated carbocycles. The second-order valence-electron chi connectivity index (χ2n) is 5.68. The lowest BCUT2D eigenvalue weighted by Crippen LogP contribution is -2.41. The Bertz CT molecular complexity index is 258. The van der Waals surface area contributed by atoms with Gasteiger partial charge in [0.25, 0.3) is 0 Å². The number of hydrogen-bond acceptors (Lipinski definition) is 3. The lowest BCUT2D eigenvalue weighted by Gasteiger charge is -2.35. The maximum atomic E-state index is 12.0. The van der Waals surface area contributed by atoms with Crippen molar-refractivity contribution in [1.29, 1.82) is 0 Å². The molecule has 0 aromatic rings. The molecular formula is C13H24N2O2. The minimum Gasteiger partial charge on any atom is -0.393 e. The molecule has 0 spiro atoms. The second-order valence-corrected chi connectivity index (χ2v) is 5.68. The van der Waals surface area contributed by atoms with Crippen LogP contribution in [0.2, 0.25) is 0 Å². The van der Waals surface area contributed by atoms with Gasteiger partial charge in [0.2, 0.25) is 5.91 Å². The summed E-state index contributed by atoms with van der Waals surface area (Å²) in [6.07, 6.45) is 4.65. The molecule has 1 saturated heterocycles. The number of aliphatic hydroxyl groups excluding tert-OH is 1. The molecule has 1 atom stereocenters. The Kier molecular flexibility index (Phi) is 4.40. The number of carbonyl (C=O) groups excluding carboxylic acids is 1. The molecule has 1 unspecified atom stereocenters. The minimum atomic E-state index is -0.119. The summed E-state index contributed by atoms with van der Waals surface area (Å²) in [4.78, 5) is 13.9. The van der Waals surface area contributed by atoms with Crippen LogP contribution >= 0.6 is 0 Å². The van der Waals surface area contributed by atoms with Crippen LogP contribution in [0.5, 0.6) is 0 Å². The van der Waals surface area contributed by atoms with Crippen LogP contribution in [0.1, 0.15) is 32.1 Å². The normalized spacial score (nSPS) is 32.9. The standard InChI is InChI=1S/C13H24N2O2/c1-15(9-11-5-12(16)6-11)13(17)7-10-3-2-4-14-8-10/h10-12,14,16H,2-9H2,1H3. The van der Waals surface area contributed by atoms with Crippen LogP contribution in [0.3, 0.4) is 0 Å². The van der Waals surface area contributed by atoms with Crippen molar-refractivity contribution in [3.05, 3.63) is 0 Å². The molecule has 1 aliphatic heterocycles. The summed E-state index contributed by atoms with van der Waals surface area (Å²) in [5, 5.41) is 12.6. The Hall–Kier alpha value is -0.610. The van der Waals surface area contributed by atoms with E-state index in [9.17, 15) is 9.90 Å². The Morgan fingerprint density at radius 2 is 2.18 bits per heavy atom. The minimum absolute atomic E-state index is 0.119. The van der Waals surface area contributed by atoms with E-state index in [2.05, 4.69) is 5.32 Å². The number of piperidine rings is 1. The first-order valence-corrected chi connectivity index (χ1v) is 6.78. The van der Waals surface area contributed by atoms with Crippen LogP contribution in [-0.2, 0) is 4.79 Å². The van der Waals surface area contributed by atoms with Crippen molar-refractivity contribution >= 4 is 5.91 Å². The average molecular weight is 240 g/mol. The van der Waals surface area contributed by atoms with Gasteiger partial charge in [-0.25, -0.2) is 0 Å². The van der Waals surface area contributed by atoms with Gasteiger partial charge >= 0.3 is 0 Å². The third-order valence-electron chi connectivity index (χ3n) is 4.03. The number of aliphatic hydroxyl groups is 1. The fraction of sp³-hybridized carbons (Fsp3) is 0.923. The second kappa shape index (κ2) is 5.83. The number of nitrogens with zero attached hydrogens (tertiary/aromatic N) is 1. The zero-order valence-electron chi connectivity index (χ0n) is 10.7. The predicted octanol–water partition coefficient (Wildman–Crippen LogP) is 0.605. The molecule has 2 N–H and O–H groups in total. The number of rotatable bonds is 4. The van der Waals surface area contributed by atoms with Gasteiger partial charge in [0.05, 0.1) is 6.10 Å².